The molecule has 3 aromatic rings. The first-order valence-electron chi connectivity index (χ1n) is 8.76. The number of ether oxygens (including phenoxy) is 2. The molecule has 0 saturated carbocycles. The van der Waals surface area contributed by atoms with Crippen molar-refractivity contribution >= 4 is 11.3 Å². The Hall–Kier alpha value is -2.88. The average Bonchev–Trinajstić information content (AvgIpc) is 2.93. The second kappa shape index (κ2) is 7.18. The molecule has 0 fully saturated rings. The molecule has 4 rings (SSSR count). The third-order valence-electron chi connectivity index (χ3n) is 4.31. The van der Waals surface area contributed by atoms with E-state index in [1.165, 1.54) is 29.7 Å². The number of aromatic nitrogens is 3. The Morgan fingerprint density at radius 3 is 2.52 bits per heavy atom. The minimum atomic E-state index is -4.73. The minimum absolute atomic E-state index is 0.0664. The highest BCUT2D eigenvalue weighted by Crippen LogP contribution is 2.48. The third kappa shape index (κ3) is 3.59. The lowest BCUT2D eigenvalue weighted by Crippen LogP contribution is -2.14. The number of halogens is 3. The Bertz CT molecular complexity index is 1080. The van der Waals surface area contributed by atoms with Gasteiger partial charge >= 0.3 is 6.18 Å². The molecule has 0 bridgehead atoms. The number of nitrogens with zero attached hydrogens (tertiary/aromatic N) is 3. The average molecular weight is 423 g/mol. The monoisotopic (exact) mass is 423 g/mol. The Balaban J connectivity index is 2.02. The van der Waals surface area contributed by atoms with Crippen LogP contribution < -0.4 is 9.47 Å². The fourth-order valence-corrected chi connectivity index (χ4v) is 3.71. The van der Waals surface area contributed by atoms with Gasteiger partial charge in [0.1, 0.15) is 5.82 Å². The highest BCUT2D eigenvalue weighted by atomic mass is 32.1. The molecule has 0 amide bonds. The number of aryl methyl sites for hydroxylation is 2. The van der Waals surface area contributed by atoms with E-state index in [1.807, 2.05) is 0 Å². The minimum Gasteiger partial charge on any atom is -0.504 e. The van der Waals surface area contributed by atoms with Gasteiger partial charge in [0.2, 0.25) is 5.75 Å². The van der Waals surface area contributed by atoms with Crippen LogP contribution in [0.5, 0.6) is 17.2 Å². The third-order valence-corrected chi connectivity index (χ3v) is 5.08. The summed E-state index contributed by atoms with van der Waals surface area (Å²) in [4.78, 5) is 12.1. The van der Waals surface area contributed by atoms with E-state index >= 15 is 0 Å². The van der Waals surface area contributed by atoms with E-state index in [0.29, 0.717) is 30.4 Å². The smallest absolute Gasteiger partial charge is 0.434 e. The lowest BCUT2D eigenvalue weighted by atomic mass is 10.00. The molecule has 10 heteroatoms. The molecule has 2 aromatic heterocycles. The lowest BCUT2D eigenvalue weighted by Gasteiger charge is -2.17. The van der Waals surface area contributed by atoms with Gasteiger partial charge in [0.25, 0.3) is 0 Å². The number of thiazole rings is 1. The van der Waals surface area contributed by atoms with Crippen molar-refractivity contribution in [2.24, 2.45) is 0 Å². The Kier molecular flexibility index (Phi) is 4.81. The summed E-state index contributed by atoms with van der Waals surface area (Å²) >= 11 is 1.22. The summed E-state index contributed by atoms with van der Waals surface area (Å²) < 4.78 is 52.6. The summed E-state index contributed by atoms with van der Waals surface area (Å²) in [5.74, 6) is 0.0141. The number of phenolic OH excluding ortho intramolecular Hbond substituents is 1. The van der Waals surface area contributed by atoms with Gasteiger partial charge in [-0.25, -0.2) is 15.0 Å². The first-order valence-corrected chi connectivity index (χ1v) is 9.64. The van der Waals surface area contributed by atoms with Crippen LogP contribution in [0.2, 0.25) is 0 Å². The molecule has 3 heterocycles. The van der Waals surface area contributed by atoms with E-state index in [2.05, 4.69) is 15.0 Å². The molecule has 0 spiro atoms. The number of hydrogen-bond donors (Lipinski definition) is 1. The molecule has 0 unspecified atom stereocenters. The molecule has 152 valence electrons. The predicted octanol–water partition coefficient (Wildman–Crippen LogP) is 4.77. The van der Waals surface area contributed by atoms with Crippen LogP contribution in [0.3, 0.4) is 0 Å². The Morgan fingerprint density at radius 2 is 1.83 bits per heavy atom. The Labute approximate surface area is 168 Å². The molecule has 0 aliphatic carbocycles. The number of alkyl halides is 3. The number of hydrogen-bond acceptors (Lipinski definition) is 7. The van der Waals surface area contributed by atoms with E-state index in [1.54, 1.807) is 13.0 Å². The van der Waals surface area contributed by atoms with Gasteiger partial charge in [0.05, 0.1) is 35.2 Å². The van der Waals surface area contributed by atoms with E-state index in [0.717, 1.165) is 0 Å². The second-order valence-corrected chi connectivity index (χ2v) is 7.49. The van der Waals surface area contributed by atoms with Crippen molar-refractivity contribution in [3.05, 3.63) is 34.0 Å². The van der Waals surface area contributed by atoms with Crippen LogP contribution in [0.4, 0.5) is 13.2 Å². The van der Waals surface area contributed by atoms with Crippen LogP contribution in [-0.2, 0) is 6.18 Å². The van der Waals surface area contributed by atoms with Crippen LogP contribution in [-0.4, -0.2) is 33.3 Å². The molecule has 1 aliphatic heterocycles. The van der Waals surface area contributed by atoms with Crippen LogP contribution in [0.15, 0.2) is 17.5 Å². The predicted molar refractivity (Wildman–Crippen MR) is 100 cm³/mol. The molecule has 0 saturated heterocycles. The zero-order valence-corrected chi connectivity index (χ0v) is 16.3. The summed E-state index contributed by atoms with van der Waals surface area (Å²) in [6, 6.07) is 3.02. The summed E-state index contributed by atoms with van der Waals surface area (Å²) in [5, 5.41) is 12.9. The maximum absolute atomic E-state index is 13.8. The van der Waals surface area contributed by atoms with Gasteiger partial charge in [-0.15, -0.1) is 11.3 Å². The van der Waals surface area contributed by atoms with Crippen molar-refractivity contribution in [2.45, 2.75) is 26.4 Å². The van der Waals surface area contributed by atoms with Gasteiger partial charge < -0.3 is 14.6 Å². The summed E-state index contributed by atoms with van der Waals surface area (Å²) in [7, 11) is 0. The number of phenols is 1. The summed E-state index contributed by atoms with van der Waals surface area (Å²) in [5.41, 5.74) is -1.26. The summed E-state index contributed by atoms with van der Waals surface area (Å²) in [6.45, 7) is 3.80. The zero-order valence-electron chi connectivity index (χ0n) is 15.5. The highest BCUT2D eigenvalue weighted by Gasteiger charge is 2.39. The maximum atomic E-state index is 13.8. The molecule has 6 nitrogen and oxygen atoms in total. The first kappa shape index (κ1) is 19.4. The molecular formula is C19H16F3N3O3S. The van der Waals surface area contributed by atoms with Crippen LogP contribution in [0, 0.1) is 13.8 Å². The lowest BCUT2D eigenvalue weighted by molar-refractivity contribution is -0.140. The number of fused-ring (bicyclic) bond motifs is 1. The second-order valence-electron chi connectivity index (χ2n) is 6.43. The van der Waals surface area contributed by atoms with Crippen LogP contribution >= 0.6 is 11.3 Å². The molecule has 0 radical (unpaired) electrons. The van der Waals surface area contributed by atoms with E-state index < -0.39 is 11.9 Å². The van der Waals surface area contributed by atoms with Crippen LogP contribution in [0.25, 0.3) is 22.5 Å². The first-order chi connectivity index (χ1) is 13.8. The van der Waals surface area contributed by atoms with Crippen molar-refractivity contribution in [2.75, 3.05) is 13.2 Å². The number of benzene rings is 1. The van der Waals surface area contributed by atoms with Crippen molar-refractivity contribution < 1.29 is 27.8 Å². The SMILES string of the molecule is Cc1nc(-c2ccc3c(c2O)OCCCO3)c(-c2csc(C)n2)c(C(F)(F)F)n1. The maximum Gasteiger partial charge on any atom is 0.434 e. The molecule has 1 aliphatic rings. The van der Waals surface area contributed by atoms with Gasteiger partial charge in [0, 0.05) is 17.4 Å². The van der Waals surface area contributed by atoms with E-state index in [9.17, 15) is 18.3 Å². The Morgan fingerprint density at radius 1 is 1.07 bits per heavy atom. The largest absolute Gasteiger partial charge is 0.504 e. The van der Waals surface area contributed by atoms with Crippen molar-refractivity contribution in [1.82, 2.24) is 15.0 Å². The van der Waals surface area contributed by atoms with Gasteiger partial charge in [-0.2, -0.15) is 13.2 Å². The van der Waals surface area contributed by atoms with Gasteiger partial charge in [-0.1, -0.05) is 0 Å². The van der Waals surface area contributed by atoms with Crippen molar-refractivity contribution in [1.29, 1.82) is 0 Å². The fraction of sp³-hybridized carbons (Fsp3) is 0.316. The van der Waals surface area contributed by atoms with Crippen LogP contribution in [0.1, 0.15) is 22.9 Å². The highest BCUT2D eigenvalue weighted by molar-refractivity contribution is 7.09. The molecule has 1 aromatic carbocycles. The molecule has 1 N–H and O–H groups in total. The van der Waals surface area contributed by atoms with E-state index in [4.69, 9.17) is 9.47 Å². The standard InChI is InChI=1S/C19H16F3N3O3S/c1-9-23-15(11-4-5-13-17(16(11)26)28-7-3-6-27-13)14(12-8-29-10(2)25-12)18(24-9)19(20,21)22/h4-5,8,26H,3,6-7H2,1-2H3. The normalized spacial score (nSPS) is 14.0. The zero-order chi connectivity index (χ0) is 20.8. The number of rotatable bonds is 2. The van der Waals surface area contributed by atoms with E-state index in [-0.39, 0.29) is 39.8 Å². The number of aromatic hydroxyl groups is 1. The van der Waals surface area contributed by atoms with Gasteiger partial charge in [0.15, 0.2) is 17.2 Å². The van der Waals surface area contributed by atoms with Gasteiger partial charge in [-0.05, 0) is 26.0 Å². The molecule has 0 atom stereocenters. The van der Waals surface area contributed by atoms with Crippen molar-refractivity contribution in [3.8, 4) is 39.8 Å². The quantitative estimate of drug-likeness (QED) is 0.640. The fourth-order valence-electron chi connectivity index (χ4n) is 3.11. The molecular weight excluding hydrogens is 407 g/mol. The van der Waals surface area contributed by atoms with Gasteiger partial charge in [-0.3, -0.25) is 0 Å². The topological polar surface area (TPSA) is 77.4 Å². The van der Waals surface area contributed by atoms with Crippen molar-refractivity contribution in [3.63, 3.8) is 0 Å². The summed E-state index contributed by atoms with van der Waals surface area (Å²) in [6.07, 6.45) is -4.10. The molecule has 29 heavy (non-hydrogen) atoms.